The molecule has 1 aliphatic heterocycles. The minimum Gasteiger partial charge on any atom is -0.319 e. The van der Waals surface area contributed by atoms with Crippen molar-refractivity contribution in [3.05, 3.63) is 65.5 Å². The first kappa shape index (κ1) is 20.7. The largest absolute Gasteiger partial charge is 0.319 e. The summed E-state index contributed by atoms with van der Waals surface area (Å²) < 4.78 is 16.2. The fourth-order valence-corrected chi connectivity index (χ4v) is 3.78. The van der Waals surface area contributed by atoms with Gasteiger partial charge in [-0.1, -0.05) is 32.0 Å². The molecule has 0 saturated carbocycles. The zero-order valence-corrected chi connectivity index (χ0v) is 17.7. The first-order valence-corrected chi connectivity index (χ1v) is 10.3. The molecule has 8 heteroatoms. The number of benzene rings is 2. The molecule has 1 fully saturated rings. The summed E-state index contributed by atoms with van der Waals surface area (Å²) in [6.45, 7) is 6.46. The number of halogens is 1. The first-order chi connectivity index (χ1) is 14.8. The third kappa shape index (κ3) is 4.05. The third-order valence-corrected chi connectivity index (χ3v) is 5.33. The highest BCUT2D eigenvalue weighted by Crippen LogP contribution is 2.27. The topological polar surface area (TPSA) is 80.1 Å². The molecule has 1 saturated heterocycles. The zero-order valence-electron chi connectivity index (χ0n) is 17.7. The van der Waals surface area contributed by atoms with Gasteiger partial charge in [0.05, 0.1) is 11.4 Å². The van der Waals surface area contributed by atoms with Crippen molar-refractivity contribution in [1.82, 2.24) is 14.8 Å². The third-order valence-electron chi connectivity index (χ3n) is 5.33. The van der Waals surface area contributed by atoms with Crippen LogP contribution in [-0.2, 0) is 4.79 Å². The molecule has 2 aromatic carbocycles. The van der Waals surface area contributed by atoms with Crippen molar-refractivity contribution in [2.24, 2.45) is 0 Å². The lowest BCUT2D eigenvalue weighted by atomic mass is 10.0. The summed E-state index contributed by atoms with van der Waals surface area (Å²) in [5.74, 6) is -0.340. The van der Waals surface area contributed by atoms with Crippen molar-refractivity contribution in [3.63, 3.8) is 0 Å². The molecular formula is C23H24FN5O2. The van der Waals surface area contributed by atoms with Crippen molar-refractivity contribution in [2.45, 2.75) is 39.5 Å². The van der Waals surface area contributed by atoms with Crippen LogP contribution in [0.2, 0.25) is 0 Å². The number of aryl methyl sites for hydroxylation is 1. The summed E-state index contributed by atoms with van der Waals surface area (Å²) >= 11 is 0. The lowest BCUT2D eigenvalue weighted by Gasteiger charge is -2.17. The maximum absolute atomic E-state index is 14.6. The summed E-state index contributed by atoms with van der Waals surface area (Å²) in [6.07, 6.45) is 1.13. The van der Waals surface area contributed by atoms with Crippen LogP contribution >= 0.6 is 0 Å². The van der Waals surface area contributed by atoms with E-state index >= 15 is 0 Å². The molecule has 0 atom stereocenters. The molecule has 1 N–H and O–H groups in total. The number of aromatic nitrogens is 3. The van der Waals surface area contributed by atoms with Gasteiger partial charge >= 0.3 is 0 Å². The fourth-order valence-electron chi connectivity index (χ4n) is 3.78. The lowest BCUT2D eigenvalue weighted by Crippen LogP contribution is -2.24. The van der Waals surface area contributed by atoms with Gasteiger partial charge in [0.1, 0.15) is 11.6 Å². The second-order valence-electron chi connectivity index (χ2n) is 7.88. The quantitative estimate of drug-likeness (QED) is 0.669. The lowest BCUT2D eigenvalue weighted by molar-refractivity contribution is -0.117. The molecule has 0 bridgehead atoms. The van der Waals surface area contributed by atoms with Gasteiger partial charge in [0, 0.05) is 18.7 Å². The van der Waals surface area contributed by atoms with E-state index in [2.05, 4.69) is 29.2 Å². The molecule has 0 unspecified atom stereocenters. The molecule has 3 aromatic rings. The van der Waals surface area contributed by atoms with Gasteiger partial charge in [0.25, 0.3) is 5.91 Å². The normalized spacial score (nSPS) is 13.8. The number of carbonyl (C=O) groups is 2. The van der Waals surface area contributed by atoms with Crippen LogP contribution in [0, 0.1) is 12.7 Å². The van der Waals surface area contributed by atoms with E-state index in [1.807, 2.05) is 24.3 Å². The smallest absolute Gasteiger partial charge is 0.295 e. The predicted octanol–water partition coefficient (Wildman–Crippen LogP) is 4.22. The van der Waals surface area contributed by atoms with Crippen molar-refractivity contribution < 1.29 is 14.0 Å². The molecule has 160 valence electrons. The molecule has 1 aromatic heterocycles. The molecule has 1 aliphatic rings. The van der Waals surface area contributed by atoms with Gasteiger partial charge in [-0.25, -0.2) is 14.1 Å². The van der Waals surface area contributed by atoms with E-state index in [0.717, 1.165) is 11.3 Å². The molecule has 7 nitrogen and oxygen atoms in total. The van der Waals surface area contributed by atoms with Crippen molar-refractivity contribution in [2.75, 3.05) is 16.8 Å². The minimum atomic E-state index is -0.562. The summed E-state index contributed by atoms with van der Waals surface area (Å²) in [5, 5.41) is 7.02. The number of carbonyl (C=O) groups excluding carboxylic acids is 2. The number of hydrogen-bond acceptors (Lipinski definition) is 4. The van der Waals surface area contributed by atoms with Gasteiger partial charge < -0.3 is 10.2 Å². The highest BCUT2D eigenvalue weighted by molar-refractivity contribution is 6.02. The van der Waals surface area contributed by atoms with E-state index in [4.69, 9.17) is 0 Å². The highest BCUT2D eigenvalue weighted by atomic mass is 19.1. The zero-order chi connectivity index (χ0) is 22.1. The minimum absolute atomic E-state index is 0.00438. The molecule has 2 amide bonds. The molecule has 31 heavy (non-hydrogen) atoms. The van der Waals surface area contributed by atoms with Gasteiger partial charge in [-0.05, 0) is 49.1 Å². The Balaban J connectivity index is 1.56. The molecule has 0 aliphatic carbocycles. The maximum Gasteiger partial charge on any atom is 0.295 e. The number of rotatable bonds is 5. The Morgan fingerprint density at radius 3 is 2.61 bits per heavy atom. The van der Waals surface area contributed by atoms with Crippen LogP contribution in [-0.4, -0.2) is 33.1 Å². The van der Waals surface area contributed by atoms with Gasteiger partial charge in [-0.15, -0.1) is 5.10 Å². The van der Waals surface area contributed by atoms with E-state index < -0.39 is 11.7 Å². The number of nitrogens with zero attached hydrogens (tertiary/aromatic N) is 4. The Morgan fingerprint density at radius 2 is 1.94 bits per heavy atom. The average molecular weight is 421 g/mol. The summed E-state index contributed by atoms with van der Waals surface area (Å²) in [7, 11) is 0. The van der Waals surface area contributed by atoms with Crippen LogP contribution in [0.4, 0.5) is 15.8 Å². The fraction of sp³-hybridized carbons (Fsp3) is 0.304. The number of anilines is 2. The standard InChI is InChI=1S/C23H24FN5O2/c1-14(2)17-7-4-5-8-19(17)29-15(3)25-22(27-29)23(31)26-16-10-11-20(18(24)13-16)28-12-6-9-21(28)30/h4-5,7-8,10-11,13-14H,6,9,12H2,1-3H3,(H,26,31). The van der Waals surface area contributed by atoms with E-state index in [1.54, 1.807) is 17.7 Å². The predicted molar refractivity (Wildman–Crippen MR) is 116 cm³/mol. The van der Waals surface area contributed by atoms with E-state index in [-0.39, 0.29) is 29.0 Å². The Hall–Kier alpha value is -3.55. The van der Waals surface area contributed by atoms with Gasteiger partial charge in [0.2, 0.25) is 11.7 Å². The Labute approximate surface area is 179 Å². The van der Waals surface area contributed by atoms with Crippen molar-refractivity contribution >= 4 is 23.2 Å². The van der Waals surface area contributed by atoms with Crippen LogP contribution in [0.5, 0.6) is 0 Å². The number of nitrogens with one attached hydrogen (secondary N) is 1. The number of para-hydroxylation sites is 1. The molecule has 0 radical (unpaired) electrons. The van der Waals surface area contributed by atoms with Crippen LogP contribution in [0.25, 0.3) is 5.69 Å². The van der Waals surface area contributed by atoms with Crippen molar-refractivity contribution in [3.8, 4) is 5.69 Å². The summed E-state index contributed by atoms with van der Waals surface area (Å²) in [4.78, 5) is 30.3. The van der Waals surface area contributed by atoms with E-state index in [0.29, 0.717) is 25.2 Å². The van der Waals surface area contributed by atoms with Gasteiger partial charge in [-0.2, -0.15) is 0 Å². The van der Waals surface area contributed by atoms with Crippen molar-refractivity contribution in [1.29, 1.82) is 0 Å². The molecular weight excluding hydrogens is 397 g/mol. The van der Waals surface area contributed by atoms with E-state index in [9.17, 15) is 14.0 Å². The Morgan fingerprint density at radius 1 is 1.16 bits per heavy atom. The Kier molecular flexibility index (Phi) is 5.54. The monoisotopic (exact) mass is 421 g/mol. The van der Waals surface area contributed by atoms with Crippen LogP contribution in [0.1, 0.15) is 54.6 Å². The summed E-state index contributed by atoms with van der Waals surface area (Å²) in [5.41, 5.74) is 2.46. The first-order valence-electron chi connectivity index (χ1n) is 10.3. The maximum atomic E-state index is 14.6. The second kappa shape index (κ2) is 8.29. The summed E-state index contributed by atoms with van der Waals surface area (Å²) in [6, 6.07) is 12.1. The van der Waals surface area contributed by atoms with E-state index in [1.165, 1.54) is 17.0 Å². The number of amides is 2. The highest BCUT2D eigenvalue weighted by Gasteiger charge is 2.24. The molecule has 2 heterocycles. The van der Waals surface area contributed by atoms with Crippen LogP contribution < -0.4 is 10.2 Å². The Bertz CT molecular complexity index is 1150. The number of hydrogen-bond donors (Lipinski definition) is 1. The van der Waals surface area contributed by atoms with Gasteiger partial charge in [0.15, 0.2) is 0 Å². The second-order valence-corrected chi connectivity index (χ2v) is 7.88. The average Bonchev–Trinajstić information content (AvgIpc) is 3.33. The van der Waals surface area contributed by atoms with Crippen LogP contribution in [0.15, 0.2) is 42.5 Å². The van der Waals surface area contributed by atoms with Crippen LogP contribution in [0.3, 0.4) is 0 Å². The molecule has 0 spiro atoms. The van der Waals surface area contributed by atoms with Gasteiger partial charge in [-0.3, -0.25) is 9.59 Å². The molecule has 4 rings (SSSR count). The SMILES string of the molecule is Cc1nc(C(=O)Nc2ccc(N3CCCC3=O)c(F)c2)nn1-c1ccccc1C(C)C.